The van der Waals surface area contributed by atoms with Gasteiger partial charge in [0.15, 0.2) is 5.69 Å². The van der Waals surface area contributed by atoms with E-state index < -0.39 is 21.9 Å². The predicted molar refractivity (Wildman–Crippen MR) is 97.0 cm³/mol. The van der Waals surface area contributed by atoms with Crippen molar-refractivity contribution in [2.75, 3.05) is 7.11 Å². The van der Waals surface area contributed by atoms with Crippen LogP contribution in [-0.2, 0) is 23.2 Å². The molecule has 6 nitrogen and oxygen atoms in total. The molecule has 148 valence electrons. The number of primary sulfonamides is 1. The number of ether oxygens (including phenoxy) is 1. The Hall–Kier alpha value is -2.85. The predicted octanol–water partition coefficient (Wildman–Crippen LogP) is 3.43. The van der Waals surface area contributed by atoms with Gasteiger partial charge in [-0.15, -0.1) is 0 Å². The molecule has 2 aromatic carbocycles. The van der Waals surface area contributed by atoms with Crippen molar-refractivity contribution in [1.29, 1.82) is 0 Å². The van der Waals surface area contributed by atoms with E-state index in [2.05, 4.69) is 5.10 Å². The van der Waals surface area contributed by atoms with E-state index in [-0.39, 0.29) is 27.3 Å². The van der Waals surface area contributed by atoms with Crippen molar-refractivity contribution in [2.45, 2.75) is 11.1 Å². The molecule has 0 bridgehead atoms. The van der Waals surface area contributed by atoms with Gasteiger partial charge in [0, 0.05) is 18.2 Å². The van der Waals surface area contributed by atoms with Gasteiger partial charge in [0.1, 0.15) is 11.4 Å². The maximum atomic E-state index is 13.8. The van der Waals surface area contributed by atoms with Crippen molar-refractivity contribution in [3.63, 3.8) is 0 Å². The second kappa shape index (κ2) is 6.95. The molecule has 0 spiro atoms. The first kappa shape index (κ1) is 19.9. The molecular weight excluding hydrogens is 395 g/mol. The molecule has 1 heterocycles. The summed E-state index contributed by atoms with van der Waals surface area (Å²) in [7, 11) is -1.59. The molecule has 3 rings (SSSR count). The lowest BCUT2D eigenvalue weighted by atomic mass is 9.98. The Balaban J connectivity index is 2.38. The van der Waals surface area contributed by atoms with E-state index in [1.54, 1.807) is 0 Å². The number of rotatable bonds is 4. The van der Waals surface area contributed by atoms with Gasteiger partial charge >= 0.3 is 6.18 Å². The number of hydrogen-bond donors (Lipinski definition) is 1. The van der Waals surface area contributed by atoms with Gasteiger partial charge in [-0.1, -0.05) is 30.3 Å². The Labute approximate surface area is 159 Å². The number of benzene rings is 2. The van der Waals surface area contributed by atoms with Crippen LogP contribution < -0.4 is 9.88 Å². The first-order chi connectivity index (χ1) is 13.0. The Morgan fingerprint density at radius 3 is 2.21 bits per heavy atom. The van der Waals surface area contributed by atoms with Crippen LogP contribution in [0.3, 0.4) is 0 Å². The zero-order valence-electron chi connectivity index (χ0n) is 14.9. The molecule has 0 saturated heterocycles. The van der Waals surface area contributed by atoms with Gasteiger partial charge in [0.2, 0.25) is 10.0 Å². The number of aryl methyl sites for hydroxylation is 1. The molecule has 0 aliphatic rings. The topological polar surface area (TPSA) is 87.2 Å². The van der Waals surface area contributed by atoms with Gasteiger partial charge in [-0.25, -0.2) is 13.6 Å². The molecule has 0 aliphatic carbocycles. The number of aromatic nitrogens is 2. The molecule has 1 aromatic heterocycles. The fourth-order valence-corrected chi connectivity index (χ4v) is 3.72. The molecule has 0 unspecified atom stereocenters. The SMILES string of the molecule is COc1ccc(-c2c(-c3ccccc3S(N)(=O)=O)nn(C)c2C(F)(F)F)cc1. The van der Waals surface area contributed by atoms with E-state index in [0.29, 0.717) is 10.4 Å². The highest BCUT2D eigenvalue weighted by Crippen LogP contribution is 2.43. The molecule has 0 aliphatic heterocycles. The fraction of sp³-hybridized carbons (Fsp3) is 0.167. The zero-order valence-corrected chi connectivity index (χ0v) is 15.7. The zero-order chi connectivity index (χ0) is 20.7. The lowest BCUT2D eigenvalue weighted by molar-refractivity contribution is -0.143. The third-order valence-corrected chi connectivity index (χ3v) is 5.11. The van der Waals surface area contributed by atoms with Gasteiger partial charge in [-0.2, -0.15) is 18.3 Å². The summed E-state index contributed by atoms with van der Waals surface area (Å²) in [4.78, 5) is -0.309. The molecule has 3 aromatic rings. The first-order valence-corrected chi connectivity index (χ1v) is 9.49. The van der Waals surface area contributed by atoms with Crippen LogP contribution in [0.1, 0.15) is 5.69 Å². The van der Waals surface area contributed by atoms with E-state index in [9.17, 15) is 21.6 Å². The highest BCUT2D eigenvalue weighted by atomic mass is 32.2. The van der Waals surface area contributed by atoms with E-state index >= 15 is 0 Å². The summed E-state index contributed by atoms with van der Waals surface area (Å²) in [6.45, 7) is 0. The lowest BCUT2D eigenvalue weighted by Gasteiger charge is -2.12. The van der Waals surface area contributed by atoms with Crippen LogP contribution in [0.5, 0.6) is 5.75 Å². The summed E-state index contributed by atoms with van der Waals surface area (Å²) in [5, 5.41) is 9.24. The minimum Gasteiger partial charge on any atom is -0.497 e. The third-order valence-electron chi connectivity index (χ3n) is 4.14. The maximum absolute atomic E-state index is 13.8. The van der Waals surface area contributed by atoms with Crippen LogP contribution in [0.15, 0.2) is 53.4 Å². The largest absolute Gasteiger partial charge is 0.497 e. The van der Waals surface area contributed by atoms with E-state index in [4.69, 9.17) is 9.88 Å². The number of halogens is 3. The standard InChI is InChI=1S/C18H16F3N3O3S/c1-24-17(18(19,20)21)15(11-7-9-12(27-2)10-8-11)16(23-24)13-5-3-4-6-14(13)28(22,25)26/h3-10H,1-2H3,(H2,22,25,26). The van der Waals surface area contributed by atoms with Crippen LogP contribution in [0.25, 0.3) is 22.4 Å². The van der Waals surface area contributed by atoms with Crippen molar-refractivity contribution in [3.8, 4) is 28.1 Å². The maximum Gasteiger partial charge on any atom is 0.433 e. The highest BCUT2D eigenvalue weighted by molar-refractivity contribution is 7.89. The fourth-order valence-electron chi connectivity index (χ4n) is 2.98. The smallest absolute Gasteiger partial charge is 0.433 e. The molecule has 28 heavy (non-hydrogen) atoms. The first-order valence-electron chi connectivity index (χ1n) is 7.95. The molecule has 0 saturated carbocycles. The van der Waals surface area contributed by atoms with Gasteiger partial charge in [0.25, 0.3) is 0 Å². The molecule has 0 fully saturated rings. The summed E-state index contributed by atoms with van der Waals surface area (Å²) in [6, 6.07) is 11.5. The summed E-state index contributed by atoms with van der Waals surface area (Å²) < 4.78 is 71.0. The Morgan fingerprint density at radius 2 is 1.68 bits per heavy atom. The number of methoxy groups -OCH3 is 1. The monoisotopic (exact) mass is 411 g/mol. The Kier molecular flexibility index (Phi) is 4.94. The van der Waals surface area contributed by atoms with Crippen LogP contribution in [0.2, 0.25) is 0 Å². The van der Waals surface area contributed by atoms with Crippen LogP contribution in [-0.4, -0.2) is 25.3 Å². The molecule has 10 heteroatoms. The second-order valence-corrected chi connectivity index (χ2v) is 7.49. The average molecular weight is 411 g/mol. The van der Waals surface area contributed by atoms with Crippen molar-refractivity contribution < 1.29 is 26.3 Å². The van der Waals surface area contributed by atoms with E-state index in [0.717, 1.165) is 7.05 Å². The normalized spacial score (nSPS) is 12.2. The molecule has 0 atom stereocenters. The lowest BCUT2D eigenvalue weighted by Crippen LogP contribution is -2.13. The third kappa shape index (κ3) is 3.60. The minimum atomic E-state index is -4.72. The average Bonchev–Trinajstić information content (AvgIpc) is 2.98. The summed E-state index contributed by atoms with van der Waals surface area (Å²) >= 11 is 0. The molecule has 0 amide bonds. The Bertz CT molecular complexity index is 1120. The Morgan fingerprint density at radius 1 is 1.07 bits per heavy atom. The summed E-state index contributed by atoms with van der Waals surface area (Å²) in [6.07, 6.45) is -4.72. The number of nitrogens with two attached hydrogens (primary N) is 1. The number of hydrogen-bond acceptors (Lipinski definition) is 4. The van der Waals surface area contributed by atoms with Crippen LogP contribution in [0.4, 0.5) is 13.2 Å². The number of alkyl halides is 3. The van der Waals surface area contributed by atoms with Crippen molar-refractivity contribution in [3.05, 3.63) is 54.2 Å². The van der Waals surface area contributed by atoms with Crippen molar-refractivity contribution >= 4 is 10.0 Å². The summed E-state index contributed by atoms with van der Waals surface area (Å²) in [5.41, 5.74) is -1.18. The molecular formula is C18H16F3N3O3S. The van der Waals surface area contributed by atoms with Gasteiger partial charge in [0.05, 0.1) is 12.0 Å². The van der Waals surface area contributed by atoms with Gasteiger partial charge in [-0.3, -0.25) is 4.68 Å². The van der Waals surface area contributed by atoms with E-state index in [1.807, 2.05) is 0 Å². The van der Waals surface area contributed by atoms with Crippen LogP contribution in [0, 0.1) is 0 Å². The summed E-state index contributed by atoms with van der Waals surface area (Å²) in [5.74, 6) is 0.465. The van der Waals surface area contributed by atoms with Crippen LogP contribution >= 0.6 is 0 Å². The van der Waals surface area contributed by atoms with Gasteiger partial charge in [-0.05, 0) is 23.8 Å². The van der Waals surface area contributed by atoms with Crippen molar-refractivity contribution in [1.82, 2.24) is 9.78 Å². The van der Waals surface area contributed by atoms with Gasteiger partial charge < -0.3 is 4.74 Å². The van der Waals surface area contributed by atoms with E-state index in [1.165, 1.54) is 55.6 Å². The second-order valence-electron chi connectivity index (χ2n) is 5.96. The number of sulfonamides is 1. The minimum absolute atomic E-state index is 0.0121. The highest BCUT2D eigenvalue weighted by Gasteiger charge is 2.40. The quantitative estimate of drug-likeness (QED) is 0.713. The number of nitrogens with zero attached hydrogens (tertiary/aromatic N) is 2. The molecule has 2 N–H and O–H groups in total. The van der Waals surface area contributed by atoms with Crippen molar-refractivity contribution in [2.24, 2.45) is 12.2 Å². The molecule has 0 radical (unpaired) electrons.